The van der Waals surface area contributed by atoms with E-state index >= 15 is 0 Å². The Bertz CT molecular complexity index is 516. The van der Waals surface area contributed by atoms with Crippen molar-refractivity contribution in [2.45, 2.75) is 26.7 Å². The summed E-state index contributed by atoms with van der Waals surface area (Å²) >= 11 is 0. The quantitative estimate of drug-likeness (QED) is 0.559. The molecule has 0 spiro atoms. The predicted octanol–water partition coefficient (Wildman–Crippen LogP) is 2.65. The van der Waals surface area contributed by atoms with Gasteiger partial charge in [0, 0.05) is 23.6 Å². The first-order chi connectivity index (χ1) is 8.68. The molecule has 0 bridgehead atoms. The molecule has 4 N–H and O–H groups in total. The van der Waals surface area contributed by atoms with Crippen LogP contribution < -0.4 is 11.1 Å². The number of nitrogens with zero attached hydrogens (tertiary/aromatic N) is 1. The largest absolute Gasteiger partial charge is 0.398 e. The van der Waals surface area contributed by atoms with E-state index in [1.807, 2.05) is 25.3 Å². The highest BCUT2D eigenvalue weighted by Gasteiger charge is 2.02. The molecule has 18 heavy (non-hydrogen) atoms. The number of nitrogens with one attached hydrogen (secondary N) is 2. The first-order valence-electron chi connectivity index (χ1n) is 6.26. The molecule has 2 rings (SSSR count). The summed E-state index contributed by atoms with van der Waals surface area (Å²) in [5.41, 5.74) is 11.4. The first-order valence-corrected chi connectivity index (χ1v) is 6.26. The number of nitrogens with two attached hydrogens (primary N) is 1. The second-order valence-electron chi connectivity index (χ2n) is 4.57. The molecule has 0 amide bonds. The molecule has 2 aromatic rings. The fourth-order valence-electron chi connectivity index (χ4n) is 1.97. The van der Waals surface area contributed by atoms with E-state index in [0.29, 0.717) is 0 Å². The number of rotatable bonds is 5. The van der Waals surface area contributed by atoms with Crippen LogP contribution in [0.3, 0.4) is 0 Å². The highest BCUT2D eigenvalue weighted by atomic mass is 15.1. The monoisotopic (exact) mass is 244 g/mol. The maximum absolute atomic E-state index is 5.87. The number of H-pyrrole nitrogens is 1. The number of hydrogen-bond donors (Lipinski definition) is 3. The van der Waals surface area contributed by atoms with Gasteiger partial charge in [-0.05, 0) is 49.9 Å². The smallest absolute Gasteiger partial charge is 0.0522 e. The number of aryl methyl sites for hydroxylation is 2. The summed E-state index contributed by atoms with van der Waals surface area (Å²) in [6.45, 7) is 5.03. The van der Waals surface area contributed by atoms with Gasteiger partial charge < -0.3 is 11.1 Å². The summed E-state index contributed by atoms with van der Waals surface area (Å²) < 4.78 is 0. The van der Waals surface area contributed by atoms with E-state index in [1.54, 1.807) is 0 Å². The van der Waals surface area contributed by atoms with Gasteiger partial charge in [0.25, 0.3) is 0 Å². The van der Waals surface area contributed by atoms with Gasteiger partial charge in [-0.15, -0.1) is 0 Å². The van der Waals surface area contributed by atoms with Gasteiger partial charge in [0.1, 0.15) is 0 Å². The molecule has 0 saturated heterocycles. The summed E-state index contributed by atoms with van der Waals surface area (Å²) in [5.74, 6) is 0. The predicted molar refractivity (Wildman–Crippen MR) is 75.7 cm³/mol. The Morgan fingerprint density at radius 1 is 1.33 bits per heavy atom. The van der Waals surface area contributed by atoms with Crippen LogP contribution in [0, 0.1) is 13.8 Å². The van der Waals surface area contributed by atoms with Crippen LogP contribution in [0.4, 0.5) is 11.4 Å². The summed E-state index contributed by atoms with van der Waals surface area (Å²) in [6, 6.07) is 5.97. The molecule has 0 radical (unpaired) electrons. The highest BCUT2D eigenvalue weighted by molar-refractivity contribution is 5.62. The zero-order chi connectivity index (χ0) is 13.0. The van der Waals surface area contributed by atoms with Crippen molar-refractivity contribution >= 4 is 11.4 Å². The van der Waals surface area contributed by atoms with Crippen LogP contribution in [0.1, 0.15) is 23.2 Å². The van der Waals surface area contributed by atoms with Crippen molar-refractivity contribution in [3.63, 3.8) is 0 Å². The number of aromatic nitrogens is 2. The molecule has 0 saturated carbocycles. The molecule has 1 aromatic carbocycles. The van der Waals surface area contributed by atoms with Crippen LogP contribution in [0.15, 0.2) is 24.4 Å². The van der Waals surface area contributed by atoms with Gasteiger partial charge in [0.05, 0.1) is 6.20 Å². The Hall–Kier alpha value is -1.97. The molecule has 0 aliphatic heterocycles. The molecule has 1 heterocycles. The van der Waals surface area contributed by atoms with Crippen molar-refractivity contribution in [3.8, 4) is 0 Å². The van der Waals surface area contributed by atoms with Crippen LogP contribution >= 0.6 is 0 Å². The summed E-state index contributed by atoms with van der Waals surface area (Å²) in [4.78, 5) is 0. The van der Waals surface area contributed by atoms with Crippen molar-refractivity contribution in [1.82, 2.24) is 10.2 Å². The fraction of sp³-hybridized carbons (Fsp3) is 0.357. The fourth-order valence-corrected chi connectivity index (χ4v) is 1.97. The normalized spacial score (nSPS) is 10.6. The lowest BCUT2D eigenvalue weighted by molar-refractivity contribution is 0.856. The first kappa shape index (κ1) is 12.5. The SMILES string of the molecule is Cc1[nH]ncc1CCCNc1cccc(N)c1C. The lowest BCUT2D eigenvalue weighted by Crippen LogP contribution is -2.05. The van der Waals surface area contributed by atoms with Crippen LogP contribution in [-0.4, -0.2) is 16.7 Å². The molecule has 1 aromatic heterocycles. The van der Waals surface area contributed by atoms with Crippen LogP contribution in [0.2, 0.25) is 0 Å². The van der Waals surface area contributed by atoms with E-state index in [4.69, 9.17) is 5.73 Å². The van der Waals surface area contributed by atoms with Crippen molar-refractivity contribution in [1.29, 1.82) is 0 Å². The van der Waals surface area contributed by atoms with E-state index in [2.05, 4.69) is 28.5 Å². The molecule has 4 nitrogen and oxygen atoms in total. The number of benzene rings is 1. The number of anilines is 2. The third-order valence-corrected chi connectivity index (χ3v) is 3.25. The highest BCUT2D eigenvalue weighted by Crippen LogP contribution is 2.20. The Labute approximate surface area is 108 Å². The second-order valence-corrected chi connectivity index (χ2v) is 4.57. The van der Waals surface area contributed by atoms with E-state index in [-0.39, 0.29) is 0 Å². The molecular weight excluding hydrogens is 224 g/mol. The second kappa shape index (κ2) is 5.58. The molecule has 0 atom stereocenters. The topological polar surface area (TPSA) is 66.7 Å². The summed E-state index contributed by atoms with van der Waals surface area (Å²) in [5, 5.41) is 10.4. The maximum Gasteiger partial charge on any atom is 0.0522 e. The zero-order valence-electron chi connectivity index (χ0n) is 11.0. The van der Waals surface area contributed by atoms with Crippen molar-refractivity contribution < 1.29 is 0 Å². The van der Waals surface area contributed by atoms with Crippen LogP contribution in [0.5, 0.6) is 0 Å². The van der Waals surface area contributed by atoms with E-state index < -0.39 is 0 Å². The van der Waals surface area contributed by atoms with Crippen molar-refractivity contribution in [2.24, 2.45) is 0 Å². The van der Waals surface area contributed by atoms with Gasteiger partial charge in [-0.2, -0.15) is 5.10 Å². The minimum Gasteiger partial charge on any atom is -0.398 e. The average molecular weight is 244 g/mol. The Morgan fingerprint density at radius 2 is 2.17 bits per heavy atom. The molecular formula is C14H20N4. The van der Waals surface area contributed by atoms with Crippen LogP contribution in [0.25, 0.3) is 0 Å². The molecule has 4 heteroatoms. The number of hydrogen-bond acceptors (Lipinski definition) is 3. The minimum atomic E-state index is 0.839. The molecule has 0 aliphatic rings. The van der Waals surface area contributed by atoms with Gasteiger partial charge >= 0.3 is 0 Å². The lowest BCUT2D eigenvalue weighted by Gasteiger charge is -2.10. The van der Waals surface area contributed by atoms with Gasteiger partial charge in [-0.1, -0.05) is 6.07 Å². The summed E-state index contributed by atoms with van der Waals surface area (Å²) in [6.07, 6.45) is 4.02. The molecule has 0 aliphatic carbocycles. The van der Waals surface area contributed by atoms with Gasteiger partial charge in [-0.3, -0.25) is 5.10 Å². The third-order valence-electron chi connectivity index (χ3n) is 3.25. The van der Waals surface area contributed by atoms with Gasteiger partial charge in [0.15, 0.2) is 0 Å². The van der Waals surface area contributed by atoms with Crippen molar-refractivity contribution in [3.05, 3.63) is 41.2 Å². The van der Waals surface area contributed by atoms with E-state index in [9.17, 15) is 0 Å². The standard InChI is InChI=1S/C14H20N4/c1-10-13(15)6-3-7-14(10)16-8-4-5-12-9-17-18-11(12)2/h3,6-7,9,16H,4-5,8,15H2,1-2H3,(H,17,18). The molecule has 0 fully saturated rings. The Balaban J connectivity index is 1.82. The Morgan fingerprint density at radius 3 is 2.89 bits per heavy atom. The molecule has 0 unspecified atom stereocenters. The van der Waals surface area contributed by atoms with Crippen molar-refractivity contribution in [2.75, 3.05) is 17.6 Å². The number of aromatic amines is 1. The maximum atomic E-state index is 5.87. The third kappa shape index (κ3) is 2.83. The molecule has 96 valence electrons. The average Bonchev–Trinajstić information content (AvgIpc) is 2.76. The zero-order valence-corrected chi connectivity index (χ0v) is 11.0. The summed E-state index contributed by atoms with van der Waals surface area (Å²) in [7, 11) is 0. The Kier molecular flexibility index (Phi) is 3.87. The van der Waals surface area contributed by atoms with E-state index in [1.165, 1.54) is 5.56 Å². The number of nitrogen functional groups attached to an aromatic ring is 1. The lowest BCUT2D eigenvalue weighted by atomic mass is 10.1. The van der Waals surface area contributed by atoms with Gasteiger partial charge in [0.2, 0.25) is 0 Å². The van der Waals surface area contributed by atoms with Gasteiger partial charge in [-0.25, -0.2) is 0 Å². The van der Waals surface area contributed by atoms with E-state index in [0.717, 1.165) is 42.0 Å². The van der Waals surface area contributed by atoms with Crippen LogP contribution in [-0.2, 0) is 6.42 Å². The minimum absolute atomic E-state index is 0.839.